The summed E-state index contributed by atoms with van der Waals surface area (Å²) in [4.78, 5) is 36.7. The summed E-state index contributed by atoms with van der Waals surface area (Å²) in [5.74, 6) is -3.24. The van der Waals surface area contributed by atoms with Crippen LogP contribution in [0.4, 0.5) is 18.4 Å². The molecule has 2 rings (SSSR count). The van der Waals surface area contributed by atoms with Gasteiger partial charge in [0, 0.05) is 7.11 Å². The van der Waals surface area contributed by atoms with Crippen molar-refractivity contribution in [3.63, 3.8) is 0 Å². The van der Waals surface area contributed by atoms with Crippen LogP contribution >= 0.6 is 0 Å². The Bertz CT molecular complexity index is 766. The molecular formula is C15H15F2N3O5. The minimum absolute atomic E-state index is 0.0200. The van der Waals surface area contributed by atoms with Crippen LogP contribution in [0.1, 0.15) is 11.6 Å². The molecule has 25 heavy (non-hydrogen) atoms. The number of esters is 1. The fourth-order valence-electron chi connectivity index (χ4n) is 2.50. The van der Waals surface area contributed by atoms with Gasteiger partial charge in [0.1, 0.15) is 6.04 Å². The highest BCUT2D eigenvalue weighted by molar-refractivity contribution is 6.01. The first-order chi connectivity index (χ1) is 11.8. The van der Waals surface area contributed by atoms with Gasteiger partial charge in [0.25, 0.3) is 0 Å². The van der Waals surface area contributed by atoms with Gasteiger partial charge < -0.3 is 20.5 Å². The van der Waals surface area contributed by atoms with E-state index >= 15 is 0 Å². The lowest BCUT2D eigenvalue weighted by atomic mass is 9.93. The molecule has 0 aromatic heterocycles. The van der Waals surface area contributed by atoms with Crippen molar-refractivity contribution < 1.29 is 32.6 Å². The van der Waals surface area contributed by atoms with Crippen molar-refractivity contribution in [3.05, 3.63) is 46.7 Å². The Morgan fingerprint density at radius 1 is 1.28 bits per heavy atom. The molecule has 1 aromatic rings. The summed E-state index contributed by atoms with van der Waals surface area (Å²) in [6.07, 6.45) is 0. The highest BCUT2D eigenvalue weighted by Gasteiger charge is 2.42. The number of nitrogens with zero attached hydrogens (tertiary/aromatic N) is 1. The van der Waals surface area contributed by atoms with Crippen LogP contribution in [-0.2, 0) is 14.3 Å². The number of rotatable bonds is 4. The zero-order chi connectivity index (χ0) is 18.7. The lowest BCUT2D eigenvalue weighted by molar-refractivity contribution is -0.137. The van der Waals surface area contributed by atoms with Crippen LogP contribution in [0.25, 0.3) is 0 Å². The number of nitrogens with two attached hydrogens (primary N) is 1. The average Bonchev–Trinajstić information content (AvgIpc) is 2.56. The van der Waals surface area contributed by atoms with Crippen LogP contribution < -0.4 is 11.1 Å². The molecule has 0 saturated carbocycles. The smallest absolute Gasteiger partial charge is 0.338 e. The van der Waals surface area contributed by atoms with Crippen LogP contribution in [0.3, 0.4) is 0 Å². The van der Waals surface area contributed by atoms with E-state index in [1.165, 1.54) is 7.11 Å². The van der Waals surface area contributed by atoms with Crippen LogP contribution in [0.5, 0.6) is 0 Å². The molecule has 1 unspecified atom stereocenters. The topological polar surface area (TPSA) is 111 Å². The number of ether oxygens (including phenoxy) is 2. The molecule has 3 N–H and O–H groups in total. The number of methoxy groups -OCH3 is 2. The largest absolute Gasteiger partial charge is 0.466 e. The van der Waals surface area contributed by atoms with Gasteiger partial charge in [-0.15, -0.1) is 0 Å². The molecule has 1 aliphatic rings. The second-order valence-corrected chi connectivity index (χ2v) is 5.03. The summed E-state index contributed by atoms with van der Waals surface area (Å²) in [6, 6.07) is -0.834. The lowest BCUT2D eigenvalue weighted by Gasteiger charge is -2.35. The van der Waals surface area contributed by atoms with Gasteiger partial charge in [0.15, 0.2) is 11.6 Å². The number of benzene rings is 1. The SMILES string of the molecule is COCC1=C(C(=O)OC)C(c2ccc(F)c(F)c2)N(C(N)=O)C(=O)N1. The molecular weight excluding hydrogens is 340 g/mol. The summed E-state index contributed by atoms with van der Waals surface area (Å²) in [5.41, 5.74) is 5.02. The van der Waals surface area contributed by atoms with E-state index in [4.69, 9.17) is 10.5 Å². The van der Waals surface area contributed by atoms with Crippen molar-refractivity contribution in [3.8, 4) is 0 Å². The van der Waals surface area contributed by atoms with Gasteiger partial charge in [-0.1, -0.05) is 6.07 Å². The second-order valence-electron chi connectivity index (χ2n) is 5.03. The van der Waals surface area contributed by atoms with Crippen molar-refractivity contribution in [1.29, 1.82) is 0 Å². The average molecular weight is 355 g/mol. The van der Waals surface area contributed by atoms with Gasteiger partial charge in [0.05, 0.1) is 25.0 Å². The van der Waals surface area contributed by atoms with Crippen molar-refractivity contribution >= 4 is 18.0 Å². The van der Waals surface area contributed by atoms with E-state index in [1.807, 2.05) is 0 Å². The van der Waals surface area contributed by atoms with E-state index in [0.29, 0.717) is 4.90 Å². The maximum Gasteiger partial charge on any atom is 0.338 e. The molecule has 1 aliphatic heterocycles. The summed E-state index contributed by atoms with van der Waals surface area (Å²) < 4.78 is 36.5. The van der Waals surface area contributed by atoms with Crippen LogP contribution in [0.15, 0.2) is 29.5 Å². The van der Waals surface area contributed by atoms with Crippen molar-refractivity contribution in [2.24, 2.45) is 5.73 Å². The quantitative estimate of drug-likeness (QED) is 0.788. The van der Waals surface area contributed by atoms with Gasteiger partial charge in [-0.05, 0) is 17.7 Å². The predicted octanol–water partition coefficient (Wildman–Crippen LogP) is 1.18. The van der Waals surface area contributed by atoms with E-state index in [-0.39, 0.29) is 23.4 Å². The standard InChI is InChI=1S/C15H15F2N3O5/c1-24-6-10-11(13(21)25-2)12(20(14(18)22)15(23)19-10)7-3-4-8(16)9(17)5-7/h3-5,12H,6H2,1-2H3,(H2,18,22)(H,19,23). The number of amides is 4. The number of carbonyl (C=O) groups is 3. The maximum atomic E-state index is 13.6. The molecule has 1 aromatic carbocycles. The molecule has 1 atom stereocenters. The number of carbonyl (C=O) groups excluding carboxylic acids is 3. The number of hydrogen-bond donors (Lipinski definition) is 2. The molecule has 134 valence electrons. The molecule has 4 amide bonds. The third-order valence-corrected chi connectivity index (χ3v) is 3.52. The minimum Gasteiger partial charge on any atom is -0.466 e. The van der Waals surface area contributed by atoms with E-state index in [2.05, 4.69) is 10.1 Å². The molecule has 0 aliphatic carbocycles. The molecule has 1 heterocycles. The van der Waals surface area contributed by atoms with Crippen LogP contribution in [-0.4, -0.2) is 43.8 Å². The molecule has 0 radical (unpaired) electrons. The van der Waals surface area contributed by atoms with Crippen LogP contribution in [0.2, 0.25) is 0 Å². The Kier molecular flexibility index (Phi) is 5.32. The Labute approximate surface area is 141 Å². The van der Waals surface area contributed by atoms with E-state index in [9.17, 15) is 23.2 Å². The molecule has 0 fully saturated rings. The van der Waals surface area contributed by atoms with Gasteiger partial charge in [0.2, 0.25) is 0 Å². The number of primary amides is 1. The first-order valence-electron chi connectivity index (χ1n) is 6.96. The molecule has 0 saturated heterocycles. The Morgan fingerprint density at radius 2 is 1.96 bits per heavy atom. The summed E-state index contributed by atoms with van der Waals surface area (Å²) in [5, 5.41) is 2.31. The zero-order valence-electron chi connectivity index (χ0n) is 13.3. The van der Waals surface area contributed by atoms with Crippen molar-refractivity contribution in [2.75, 3.05) is 20.8 Å². The summed E-state index contributed by atoms with van der Waals surface area (Å²) >= 11 is 0. The fourth-order valence-corrected chi connectivity index (χ4v) is 2.50. The van der Waals surface area contributed by atoms with Gasteiger partial charge in [-0.3, -0.25) is 0 Å². The monoisotopic (exact) mass is 355 g/mol. The van der Waals surface area contributed by atoms with E-state index < -0.39 is 35.7 Å². The molecule has 10 heteroatoms. The zero-order valence-corrected chi connectivity index (χ0v) is 13.3. The van der Waals surface area contributed by atoms with Gasteiger partial charge in [-0.25, -0.2) is 28.1 Å². The number of urea groups is 2. The Hall–Kier alpha value is -3.01. The summed E-state index contributed by atoms with van der Waals surface area (Å²) in [7, 11) is 2.41. The first kappa shape index (κ1) is 18.3. The number of nitrogens with one attached hydrogen (secondary N) is 1. The number of hydrogen-bond acceptors (Lipinski definition) is 5. The first-order valence-corrected chi connectivity index (χ1v) is 6.96. The minimum atomic E-state index is -1.40. The lowest BCUT2D eigenvalue weighted by Crippen LogP contribution is -2.54. The number of halogens is 2. The van der Waals surface area contributed by atoms with Crippen molar-refractivity contribution in [1.82, 2.24) is 10.2 Å². The summed E-state index contributed by atoms with van der Waals surface area (Å²) in [6.45, 7) is -0.192. The Morgan fingerprint density at radius 3 is 2.48 bits per heavy atom. The van der Waals surface area contributed by atoms with E-state index in [1.54, 1.807) is 0 Å². The fraction of sp³-hybridized carbons (Fsp3) is 0.267. The van der Waals surface area contributed by atoms with Gasteiger partial charge in [-0.2, -0.15) is 0 Å². The Balaban J connectivity index is 2.72. The molecule has 0 spiro atoms. The van der Waals surface area contributed by atoms with Crippen molar-refractivity contribution in [2.45, 2.75) is 6.04 Å². The van der Waals surface area contributed by atoms with Gasteiger partial charge >= 0.3 is 18.0 Å². The molecule has 0 bridgehead atoms. The van der Waals surface area contributed by atoms with Crippen LogP contribution in [0, 0.1) is 11.6 Å². The number of imide groups is 1. The molecule has 8 nitrogen and oxygen atoms in total. The third-order valence-electron chi connectivity index (χ3n) is 3.52. The normalized spacial score (nSPS) is 17.4. The maximum absolute atomic E-state index is 13.6. The highest BCUT2D eigenvalue weighted by atomic mass is 19.2. The third kappa shape index (κ3) is 3.43. The highest BCUT2D eigenvalue weighted by Crippen LogP contribution is 2.34. The second kappa shape index (κ2) is 7.26. The van der Waals surface area contributed by atoms with E-state index in [0.717, 1.165) is 25.3 Å². The predicted molar refractivity (Wildman–Crippen MR) is 80.0 cm³/mol.